The van der Waals surface area contributed by atoms with Crippen LogP contribution in [-0.2, 0) is 4.79 Å². The molecule has 2 aromatic carbocycles. The molecule has 1 saturated heterocycles. The van der Waals surface area contributed by atoms with Crippen LogP contribution in [0.25, 0.3) is 21.7 Å². The predicted octanol–water partition coefficient (Wildman–Crippen LogP) is 5.19. The second kappa shape index (κ2) is 8.20. The van der Waals surface area contributed by atoms with Gasteiger partial charge >= 0.3 is 5.97 Å². The second-order valence-corrected chi connectivity index (χ2v) is 8.27. The number of benzene rings is 2. The molecule has 31 heavy (non-hydrogen) atoms. The largest absolute Gasteiger partial charge is 0.481 e. The van der Waals surface area contributed by atoms with Crippen LogP contribution in [0.4, 0.5) is 5.13 Å². The minimum atomic E-state index is -0.755. The van der Waals surface area contributed by atoms with Crippen LogP contribution in [0.2, 0.25) is 0 Å². The molecule has 1 N–H and O–H groups in total. The van der Waals surface area contributed by atoms with E-state index in [2.05, 4.69) is 4.98 Å². The maximum absolute atomic E-state index is 11.2. The van der Waals surface area contributed by atoms with Crippen LogP contribution in [0.3, 0.4) is 0 Å². The third kappa shape index (κ3) is 4.00. The minimum absolute atomic E-state index is 0.330. The topological polar surface area (TPSA) is 75.5 Å². The fraction of sp³-hybridized carbons (Fsp3) is 0.125. The Bertz CT molecular complexity index is 1190. The van der Waals surface area contributed by atoms with Gasteiger partial charge in [0, 0.05) is 36.6 Å². The summed E-state index contributed by atoms with van der Waals surface area (Å²) >= 11 is 1.56. The van der Waals surface area contributed by atoms with Crippen molar-refractivity contribution in [2.45, 2.75) is 0 Å². The summed E-state index contributed by atoms with van der Waals surface area (Å²) in [7, 11) is 0. The molecule has 7 heteroatoms. The number of carboxylic acids is 1. The summed E-state index contributed by atoms with van der Waals surface area (Å²) in [4.78, 5) is 23.3. The van der Waals surface area contributed by atoms with Crippen molar-refractivity contribution in [1.82, 2.24) is 9.97 Å². The van der Waals surface area contributed by atoms with Crippen LogP contribution < -0.4 is 9.64 Å². The smallest absolute Gasteiger partial charge is 0.310 e. The Labute approximate surface area is 183 Å². The summed E-state index contributed by atoms with van der Waals surface area (Å²) < 4.78 is 5.90. The number of carboxylic acid groups (broad SMARTS) is 1. The fourth-order valence-electron chi connectivity index (χ4n) is 3.43. The molecular formula is C24H19N3O3S. The number of aliphatic carboxylic acids is 1. The van der Waals surface area contributed by atoms with E-state index in [0.29, 0.717) is 13.1 Å². The van der Waals surface area contributed by atoms with Gasteiger partial charge in [0.25, 0.3) is 0 Å². The number of aromatic nitrogens is 2. The van der Waals surface area contributed by atoms with Crippen LogP contribution in [0.1, 0.15) is 0 Å². The van der Waals surface area contributed by atoms with Crippen LogP contribution >= 0.6 is 11.3 Å². The van der Waals surface area contributed by atoms with E-state index in [1.165, 1.54) is 0 Å². The van der Waals surface area contributed by atoms with E-state index in [4.69, 9.17) is 9.72 Å². The first-order valence-electron chi connectivity index (χ1n) is 9.90. The van der Waals surface area contributed by atoms with Crippen LogP contribution in [-0.4, -0.2) is 34.1 Å². The first-order chi connectivity index (χ1) is 15.2. The number of pyridine rings is 1. The number of hydrogen-bond acceptors (Lipinski definition) is 6. The molecule has 0 spiro atoms. The molecule has 1 fully saturated rings. The van der Waals surface area contributed by atoms with Crippen molar-refractivity contribution >= 4 is 22.4 Å². The van der Waals surface area contributed by atoms with Gasteiger partial charge in [-0.3, -0.25) is 9.78 Å². The van der Waals surface area contributed by atoms with Crippen molar-refractivity contribution in [1.29, 1.82) is 0 Å². The Balaban J connectivity index is 1.45. The molecule has 0 aliphatic carbocycles. The molecule has 0 amide bonds. The lowest BCUT2D eigenvalue weighted by Gasteiger charge is -2.36. The highest BCUT2D eigenvalue weighted by molar-refractivity contribution is 7.19. The molecule has 154 valence electrons. The van der Waals surface area contributed by atoms with Gasteiger partial charge in [0.2, 0.25) is 0 Å². The third-order valence-corrected chi connectivity index (χ3v) is 6.31. The van der Waals surface area contributed by atoms with Crippen molar-refractivity contribution in [3.8, 4) is 33.2 Å². The van der Waals surface area contributed by atoms with Gasteiger partial charge in [-0.25, -0.2) is 4.98 Å². The first kappa shape index (κ1) is 19.3. The minimum Gasteiger partial charge on any atom is -0.481 e. The highest BCUT2D eigenvalue weighted by atomic mass is 32.1. The van der Waals surface area contributed by atoms with Gasteiger partial charge in [-0.15, -0.1) is 0 Å². The molecule has 6 nitrogen and oxygen atoms in total. The molecule has 0 radical (unpaired) electrons. The molecule has 4 aromatic rings. The van der Waals surface area contributed by atoms with Gasteiger partial charge in [0.1, 0.15) is 11.5 Å². The lowest BCUT2D eigenvalue weighted by atomic mass is 10.0. The van der Waals surface area contributed by atoms with Gasteiger partial charge in [-0.2, -0.15) is 0 Å². The molecule has 3 heterocycles. The number of ether oxygens (including phenoxy) is 1. The molecular weight excluding hydrogens is 410 g/mol. The number of anilines is 1. The molecule has 5 rings (SSSR count). The highest BCUT2D eigenvalue weighted by Gasteiger charge is 2.35. The molecule has 0 saturated carbocycles. The number of thiazole rings is 1. The third-order valence-electron chi connectivity index (χ3n) is 5.15. The van der Waals surface area contributed by atoms with Crippen molar-refractivity contribution in [2.24, 2.45) is 5.92 Å². The number of carbonyl (C=O) groups is 1. The molecule has 2 aromatic heterocycles. The number of nitrogens with zero attached hydrogens (tertiary/aromatic N) is 3. The fourth-order valence-corrected chi connectivity index (χ4v) is 4.53. The summed E-state index contributed by atoms with van der Waals surface area (Å²) in [5, 5.41) is 10.0. The van der Waals surface area contributed by atoms with Crippen molar-refractivity contribution in [3.63, 3.8) is 0 Å². The monoisotopic (exact) mass is 429 g/mol. The van der Waals surface area contributed by atoms with Gasteiger partial charge in [-0.1, -0.05) is 35.6 Å². The van der Waals surface area contributed by atoms with E-state index in [0.717, 1.165) is 38.3 Å². The Kier molecular flexibility index (Phi) is 5.09. The first-order valence-corrected chi connectivity index (χ1v) is 10.7. The SMILES string of the molecule is O=C(O)C1CN(c2nc(-c3ccc(Oc4ccccc4)cc3)c(-c3cccnc3)s2)C1. The van der Waals surface area contributed by atoms with Gasteiger partial charge < -0.3 is 14.7 Å². The maximum atomic E-state index is 11.2. The summed E-state index contributed by atoms with van der Waals surface area (Å²) in [5.41, 5.74) is 2.82. The van der Waals surface area contributed by atoms with E-state index in [9.17, 15) is 9.90 Å². The van der Waals surface area contributed by atoms with Crippen LogP contribution in [0.5, 0.6) is 11.5 Å². The summed E-state index contributed by atoms with van der Waals surface area (Å²) in [6.45, 7) is 0.969. The van der Waals surface area contributed by atoms with E-state index in [1.807, 2.05) is 77.8 Å². The normalized spacial score (nSPS) is 13.6. The molecule has 1 aliphatic rings. The average molecular weight is 430 g/mol. The van der Waals surface area contributed by atoms with E-state index < -0.39 is 5.97 Å². The average Bonchev–Trinajstić information content (AvgIpc) is 3.19. The zero-order chi connectivity index (χ0) is 21.2. The Morgan fingerprint density at radius 2 is 1.71 bits per heavy atom. The number of para-hydroxylation sites is 1. The molecule has 1 aliphatic heterocycles. The second-order valence-electron chi connectivity index (χ2n) is 7.30. The number of rotatable bonds is 6. The van der Waals surface area contributed by atoms with E-state index in [1.54, 1.807) is 17.5 Å². The van der Waals surface area contributed by atoms with E-state index >= 15 is 0 Å². The zero-order valence-electron chi connectivity index (χ0n) is 16.5. The van der Waals surface area contributed by atoms with Crippen molar-refractivity contribution in [3.05, 3.63) is 79.1 Å². The quantitative estimate of drug-likeness (QED) is 0.455. The maximum Gasteiger partial charge on any atom is 0.310 e. The summed E-state index contributed by atoms with van der Waals surface area (Å²) in [6, 6.07) is 21.4. The van der Waals surface area contributed by atoms with Crippen LogP contribution in [0.15, 0.2) is 79.1 Å². The number of hydrogen-bond donors (Lipinski definition) is 1. The Morgan fingerprint density at radius 3 is 2.39 bits per heavy atom. The van der Waals surface area contributed by atoms with Gasteiger partial charge in [0.05, 0.1) is 16.5 Å². The Morgan fingerprint density at radius 1 is 0.968 bits per heavy atom. The van der Waals surface area contributed by atoms with Crippen LogP contribution in [0, 0.1) is 5.92 Å². The van der Waals surface area contributed by atoms with E-state index in [-0.39, 0.29) is 5.92 Å². The lowest BCUT2D eigenvalue weighted by Crippen LogP contribution is -2.50. The predicted molar refractivity (Wildman–Crippen MR) is 121 cm³/mol. The lowest BCUT2D eigenvalue weighted by molar-refractivity contribution is -0.142. The van der Waals surface area contributed by atoms with Gasteiger partial charge in [-0.05, 0) is 42.5 Å². The van der Waals surface area contributed by atoms with Gasteiger partial charge in [0.15, 0.2) is 5.13 Å². The molecule has 0 atom stereocenters. The molecule has 0 bridgehead atoms. The van der Waals surface area contributed by atoms with Crippen molar-refractivity contribution in [2.75, 3.05) is 18.0 Å². The standard InChI is InChI=1S/C24H19N3O3S/c28-23(29)18-14-27(15-18)24-26-21(22(31-24)17-5-4-12-25-13-17)16-8-10-20(11-9-16)30-19-6-2-1-3-7-19/h1-13,18H,14-15H2,(H,28,29). The van der Waals surface area contributed by atoms with Crippen molar-refractivity contribution < 1.29 is 14.6 Å². The Hall–Kier alpha value is -3.71. The zero-order valence-corrected chi connectivity index (χ0v) is 17.3. The summed E-state index contributed by atoms with van der Waals surface area (Å²) in [5.74, 6) is 0.450. The highest BCUT2D eigenvalue weighted by Crippen LogP contribution is 2.42. The molecule has 0 unspecified atom stereocenters. The summed E-state index contributed by atoms with van der Waals surface area (Å²) in [6.07, 6.45) is 3.57.